The van der Waals surface area contributed by atoms with Gasteiger partial charge in [0.25, 0.3) is 0 Å². The van der Waals surface area contributed by atoms with Crippen LogP contribution in [0.5, 0.6) is 0 Å². The third-order valence-electron chi connectivity index (χ3n) is 18.0. The molecule has 3 aliphatic rings. The lowest BCUT2D eigenvalue weighted by molar-refractivity contribution is -0.379. The second kappa shape index (κ2) is 58.7. The van der Waals surface area contributed by atoms with Gasteiger partial charge in [0.1, 0.15) is 73.2 Å². The van der Waals surface area contributed by atoms with Gasteiger partial charge in [-0.2, -0.15) is 0 Å². The van der Waals surface area contributed by atoms with Crippen LogP contribution in [0.25, 0.3) is 0 Å². The van der Waals surface area contributed by atoms with Gasteiger partial charge in [-0.15, -0.1) is 0 Å². The summed E-state index contributed by atoms with van der Waals surface area (Å²) in [6.07, 6.45) is 54.5. The van der Waals surface area contributed by atoms with E-state index < -0.39 is 124 Å². The van der Waals surface area contributed by atoms with Crippen molar-refractivity contribution in [3.8, 4) is 0 Å². The molecule has 562 valence electrons. The van der Waals surface area contributed by atoms with Gasteiger partial charge in [0, 0.05) is 6.42 Å². The van der Waals surface area contributed by atoms with Crippen molar-refractivity contribution in [2.75, 3.05) is 26.4 Å². The van der Waals surface area contributed by atoms with Crippen LogP contribution in [0.4, 0.5) is 0 Å². The summed E-state index contributed by atoms with van der Waals surface area (Å²) in [5.74, 6) is -0.291. The van der Waals surface area contributed by atoms with Crippen LogP contribution in [0.2, 0.25) is 0 Å². The Kier molecular flexibility index (Phi) is 52.9. The average Bonchev–Trinajstić information content (AvgIpc) is 0.785. The average molecular weight is 1380 g/mol. The maximum atomic E-state index is 13.4. The molecule has 3 saturated heterocycles. The van der Waals surface area contributed by atoms with E-state index in [9.17, 15) is 61.0 Å². The van der Waals surface area contributed by atoms with Gasteiger partial charge in [0.05, 0.1) is 38.6 Å². The van der Waals surface area contributed by atoms with Crippen LogP contribution < -0.4 is 5.32 Å². The fourth-order valence-corrected chi connectivity index (χ4v) is 11.9. The standard InChI is InChI=1S/C79H133NO18/c1-3-5-7-9-11-13-15-17-19-21-23-24-25-26-27-28-29-30-31-32-33-34-35-36-37-38-39-41-43-45-47-49-51-53-55-57-67(85)80-62(63(84)56-54-52-50-48-46-44-42-40-22-20-18-16-14-12-10-8-6-4-2)61-93-77-73(91)70(88)75(65(59-82)95-77)98-79-74(92)71(89)76(66(60-83)96-79)97-78-72(90)69(87)68(86)64(58-81)94-78/h5,7,11,13,17,19,23-24,26-27,29-30,32-33,35-36,38-39,54,56,62-66,68-79,81-84,86-92H,3-4,6,8-10,12,14-16,18,20-22,25,28,31,34,37,40-53,55,57-61H2,1-2H3,(H,80,85)/b7-5-,13-11-,19-17-,24-23-,27-26-,30-29-,33-32-,36-35-,39-38-,56-54+. The minimum atomic E-state index is -1.99. The second-order valence-corrected chi connectivity index (χ2v) is 26.4. The largest absolute Gasteiger partial charge is 0.394 e. The summed E-state index contributed by atoms with van der Waals surface area (Å²) in [5, 5.41) is 121. The zero-order chi connectivity index (χ0) is 71.1. The number of nitrogens with one attached hydrogen (secondary N) is 1. The highest BCUT2D eigenvalue weighted by atomic mass is 16.8. The van der Waals surface area contributed by atoms with Crippen LogP contribution in [0.15, 0.2) is 122 Å². The van der Waals surface area contributed by atoms with Gasteiger partial charge in [0.2, 0.25) is 5.91 Å². The topological polar surface area (TPSA) is 307 Å². The van der Waals surface area contributed by atoms with Gasteiger partial charge in [-0.3, -0.25) is 4.79 Å². The number of unbranched alkanes of at least 4 members (excludes halogenated alkanes) is 23. The van der Waals surface area contributed by atoms with E-state index in [1.165, 1.54) is 83.5 Å². The second-order valence-electron chi connectivity index (χ2n) is 26.4. The maximum Gasteiger partial charge on any atom is 0.220 e. The van der Waals surface area contributed by atoms with Gasteiger partial charge in [-0.05, 0) is 89.9 Å². The third-order valence-corrected chi connectivity index (χ3v) is 18.0. The Hall–Kier alpha value is -3.81. The molecular formula is C79H133NO18. The van der Waals surface area contributed by atoms with Crippen molar-refractivity contribution in [1.29, 1.82) is 0 Å². The van der Waals surface area contributed by atoms with E-state index in [2.05, 4.69) is 129 Å². The Balaban J connectivity index is 1.39. The van der Waals surface area contributed by atoms with Gasteiger partial charge in [-0.1, -0.05) is 264 Å². The summed E-state index contributed by atoms with van der Waals surface area (Å²) in [4.78, 5) is 13.4. The first kappa shape index (κ1) is 88.4. The van der Waals surface area contributed by atoms with Crippen LogP contribution in [0.1, 0.15) is 239 Å². The fourth-order valence-electron chi connectivity index (χ4n) is 11.9. The zero-order valence-corrected chi connectivity index (χ0v) is 59.7. The van der Waals surface area contributed by atoms with Crippen LogP contribution in [-0.2, 0) is 33.2 Å². The van der Waals surface area contributed by atoms with Crippen LogP contribution in [0.3, 0.4) is 0 Å². The molecule has 3 aliphatic heterocycles. The number of ether oxygens (including phenoxy) is 6. The van der Waals surface area contributed by atoms with Crippen molar-refractivity contribution >= 4 is 5.91 Å². The number of aliphatic hydroxyl groups excluding tert-OH is 11. The Morgan fingerprint density at radius 2 is 0.704 bits per heavy atom. The van der Waals surface area contributed by atoms with E-state index >= 15 is 0 Å². The summed E-state index contributed by atoms with van der Waals surface area (Å²) >= 11 is 0. The number of allylic oxidation sites excluding steroid dienone is 19. The Morgan fingerprint density at radius 1 is 0.378 bits per heavy atom. The quantitative estimate of drug-likeness (QED) is 0.0199. The third kappa shape index (κ3) is 39.0. The molecule has 3 fully saturated rings. The number of carbonyl (C=O) groups excluding carboxylic acids is 1. The normalized spacial score (nSPS) is 27.5. The van der Waals surface area contributed by atoms with Gasteiger partial charge in [-0.25, -0.2) is 0 Å². The molecule has 0 aromatic carbocycles. The van der Waals surface area contributed by atoms with Crippen molar-refractivity contribution in [1.82, 2.24) is 5.32 Å². The summed E-state index contributed by atoms with van der Waals surface area (Å²) in [6, 6.07) is -0.989. The van der Waals surface area contributed by atoms with Crippen molar-refractivity contribution in [2.24, 2.45) is 0 Å². The van der Waals surface area contributed by atoms with Crippen molar-refractivity contribution in [2.45, 2.75) is 343 Å². The van der Waals surface area contributed by atoms with Crippen molar-refractivity contribution < 1.29 is 89.4 Å². The molecule has 19 heteroatoms. The van der Waals surface area contributed by atoms with Crippen LogP contribution >= 0.6 is 0 Å². The molecule has 17 atom stereocenters. The molecule has 0 aliphatic carbocycles. The van der Waals surface area contributed by atoms with Crippen molar-refractivity contribution in [3.05, 3.63) is 122 Å². The number of hydrogen-bond donors (Lipinski definition) is 12. The Bertz CT molecular complexity index is 2250. The summed E-state index contributed by atoms with van der Waals surface area (Å²) in [7, 11) is 0. The number of rotatable bonds is 57. The summed E-state index contributed by atoms with van der Waals surface area (Å²) in [5.41, 5.74) is 0. The predicted molar refractivity (Wildman–Crippen MR) is 387 cm³/mol. The van der Waals surface area contributed by atoms with E-state index in [-0.39, 0.29) is 18.9 Å². The maximum absolute atomic E-state index is 13.4. The zero-order valence-electron chi connectivity index (χ0n) is 59.7. The number of carbonyl (C=O) groups is 1. The Labute approximate surface area is 588 Å². The first-order chi connectivity index (χ1) is 47.8. The van der Waals surface area contributed by atoms with Gasteiger partial charge in [0.15, 0.2) is 18.9 Å². The molecule has 98 heavy (non-hydrogen) atoms. The monoisotopic (exact) mass is 1380 g/mol. The van der Waals surface area contributed by atoms with E-state index in [1.54, 1.807) is 6.08 Å². The lowest BCUT2D eigenvalue weighted by atomic mass is 9.96. The number of aliphatic hydroxyl groups is 11. The molecule has 0 bridgehead atoms. The molecule has 0 radical (unpaired) electrons. The predicted octanol–water partition coefficient (Wildman–Crippen LogP) is 11.6. The molecular weight excluding hydrogens is 1250 g/mol. The molecule has 0 aromatic heterocycles. The molecule has 3 rings (SSSR count). The Morgan fingerprint density at radius 3 is 1.10 bits per heavy atom. The van der Waals surface area contributed by atoms with E-state index in [1.807, 2.05) is 6.08 Å². The lowest BCUT2D eigenvalue weighted by Gasteiger charge is -2.48. The van der Waals surface area contributed by atoms with Gasteiger partial charge < -0.3 is 89.9 Å². The minimum absolute atomic E-state index is 0.223. The molecule has 12 N–H and O–H groups in total. The number of hydrogen-bond acceptors (Lipinski definition) is 18. The first-order valence-electron chi connectivity index (χ1n) is 37.8. The van der Waals surface area contributed by atoms with E-state index in [4.69, 9.17) is 28.4 Å². The minimum Gasteiger partial charge on any atom is -0.394 e. The summed E-state index contributed by atoms with van der Waals surface area (Å²) in [6.45, 7) is 1.61. The smallest absolute Gasteiger partial charge is 0.220 e. The molecule has 3 heterocycles. The van der Waals surface area contributed by atoms with Gasteiger partial charge >= 0.3 is 0 Å². The molecule has 0 aromatic rings. The highest BCUT2D eigenvalue weighted by Crippen LogP contribution is 2.33. The molecule has 17 unspecified atom stereocenters. The van der Waals surface area contributed by atoms with Crippen molar-refractivity contribution in [3.63, 3.8) is 0 Å². The molecule has 0 spiro atoms. The highest BCUT2D eigenvalue weighted by molar-refractivity contribution is 5.76. The molecule has 19 nitrogen and oxygen atoms in total. The molecule has 0 saturated carbocycles. The van der Waals surface area contributed by atoms with Crippen LogP contribution in [0, 0.1) is 0 Å². The SMILES string of the molecule is CC/C=C\C/C=C\C/C=C\C/C=C\C/C=C\C/C=C\C/C=C\C/C=C\C/C=C\CCCCCCCCCC(=O)NC(COC1OC(CO)C(OC2OC(CO)C(OC3OC(CO)C(O)C(O)C3O)C(O)C2O)C(O)C1O)C(O)/C=C/CCCCCCCCCCCCCCCCCC. The first-order valence-corrected chi connectivity index (χ1v) is 37.8. The van der Waals surface area contributed by atoms with Crippen LogP contribution in [-0.4, -0.2) is 193 Å². The van der Waals surface area contributed by atoms with E-state index in [0.29, 0.717) is 6.42 Å². The summed E-state index contributed by atoms with van der Waals surface area (Å²) < 4.78 is 34.4. The molecule has 1 amide bonds. The lowest BCUT2D eigenvalue weighted by Crippen LogP contribution is -2.66. The van der Waals surface area contributed by atoms with E-state index in [0.717, 1.165) is 128 Å². The highest BCUT2D eigenvalue weighted by Gasteiger charge is 2.53. The number of amides is 1. The fraction of sp³-hybridized carbons (Fsp3) is 0.734.